The maximum atomic E-state index is 14.2. The lowest BCUT2D eigenvalue weighted by molar-refractivity contribution is -0.143. The molecule has 0 radical (unpaired) electrons. The van der Waals surface area contributed by atoms with E-state index in [4.69, 9.17) is 11.5 Å². The quantitative estimate of drug-likeness (QED) is 0.0416. The maximum Gasteiger partial charge on any atom is 0.326 e. The first kappa shape index (κ1) is 52.3. The summed E-state index contributed by atoms with van der Waals surface area (Å²) in [4.78, 5) is 124. The summed E-state index contributed by atoms with van der Waals surface area (Å²) in [6.07, 6.45) is 3.49. The first-order valence-electron chi connectivity index (χ1n) is 22.2. The fourth-order valence-corrected chi connectivity index (χ4v) is 7.21. The van der Waals surface area contributed by atoms with E-state index in [9.17, 15) is 48.3 Å². The van der Waals surface area contributed by atoms with Crippen LogP contribution in [0.4, 0.5) is 0 Å². The fraction of sp³-hybridized carbons (Fsp3) is 0.457. The molecule has 4 aromatic rings. The van der Waals surface area contributed by atoms with Gasteiger partial charge < -0.3 is 63.8 Å². The van der Waals surface area contributed by atoms with Gasteiger partial charge in [0.2, 0.25) is 47.3 Å². The smallest absolute Gasteiger partial charge is 0.326 e. The number of amides is 8. The monoisotopic (exact) mass is 929 g/mol. The molecule has 0 unspecified atom stereocenters. The number of rotatable bonds is 25. The number of aromatic nitrogens is 2. The third-order valence-corrected chi connectivity index (χ3v) is 11.8. The number of carboxylic acids is 1. The zero-order valence-electron chi connectivity index (χ0n) is 38.5. The molecule has 14 N–H and O–H groups in total. The minimum Gasteiger partial charge on any atom is -0.480 e. The molecule has 2 heterocycles. The highest BCUT2D eigenvalue weighted by molar-refractivity contribution is 5.98. The van der Waals surface area contributed by atoms with Crippen LogP contribution >= 0.6 is 0 Å². The van der Waals surface area contributed by atoms with Gasteiger partial charge in [-0.05, 0) is 48.9 Å². The molecule has 0 aliphatic heterocycles. The van der Waals surface area contributed by atoms with Crippen LogP contribution in [0.5, 0.6) is 0 Å². The topological polar surface area (TPSA) is 342 Å². The molecule has 0 fully saturated rings. The predicted octanol–water partition coefficient (Wildman–Crippen LogP) is -0.121. The number of nitrogens with one attached hydrogen (secondary N) is 9. The fourth-order valence-electron chi connectivity index (χ4n) is 7.21. The molecule has 0 spiro atoms. The number of nitrogens with two attached hydrogens (primary N) is 2. The third kappa shape index (κ3) is 14.6. The first-order valence-corrected chi connectivity index (χ1v) is 22.2. The molecule has 0 aliphatic rings. The Morgan fingerprint density at radius 2 is 1.04 bits per heavy atom. The summed E-state index contributed by atoms with van der Waals surface area (Å²) in [6, 6.07) is 5.68. The Bertz CT molecular complexity index is 2430. The van der Waals surface area contributed by atoms with Crippen LogP contribution in [0.15, 0.2) is 60.9 Å². The molecule has 4 rings (SSSR count). The van der Waals surface area contributed by atoms with Crippen molar-refractivity contribution in [2.24, 2.45) is 23.3 Å². The van der Waals surface area contributed by atoms with Crippen LogP contribution in [-0.2, 0) is 56.0 Å². The molecule has 0 saturated heterocycles. The third-order valence-electron chi connectivity index (χ3n) is 11.8. The average molecular weight is 930 g/mol. The Balaban J connectivity index is 1.52. The molecular formula is C46H63N11O10. The number of carboxylic acid groups (broad SMARTS) is 1. The van der Waals surface area contributed by atoms with Crippen LogP contribution in [-0.4, -0.2) is 117 Å². The molecule has 21 nitrogen and oxygen atoms in total. The van der Waals surface area contributed by atoms with Crippen molar-refractivity contribution in [3.05, 3.63) is 72.1 Å². The van der Waals surface area contributed by atoms with Gasteiger partial charge in [-0.1, -0.05) is 76.9 Å². The second-order valence-electron chi connectivity index (χ2n) is 16.8. The summed E-state index contributed by atoms with van der Waals surface area (Å²) in [7, 11) is 0. The Labute approximate surface area is 387 Å². The molecular weight excluding hydrogens is 867 g/mol. The van der Waals surface area contributed by atoms with E-state index in [1.165, 1.54) is 13.8 Å². The number of aliphatic carboxylic acids is 1. The van der Waals surface area contributed by atoms with E-state index in [1.54, 1.807) is 56.6 Å². The SMILES string of the molecule is CC[C@H](C)[C@H](N)C(=O)N[C@@H](C)C(=O)NCC(=O)N[C@H](C(=O)N[C@@H](Cc1c[nH]c2ccccc12)C(=O)N[C@@H](C)C(=O)N[C@@H](Cc1c[nH]c2ccccc12)C(=O)N[C@@H](CC(N)=O)C(=O)O)[C@@H](C)CC. The van der Waals surface area contributed by atoms with Crippen LogP contribution in [0.25, 0.3) is 21.8 Å². The molecule has 0 bridgehead atoms. The molecule has 362 valence electrons. The molecule has 0 saturated carbocycles. The number of hydrogen-bond acceptors (Lipinski definition) is 10. The highest BCUT2D eigenvalue weighted by atomic mass is 16.4. The highest BCUT2D eigenvalue weighted by Gasteiger charge is 2.34. The normalized spacial score (nSPS) is 15.3. The number of aromatic amines is 2. The largest absolute Gasteiger partial charge is 0.480 e. The van der Waals surface area contributed by atoms with Crippen LogP contribution < -0.4 is 48.7 Å². The lowest BCUT2D eigenvalue weighted by Crippen LogP contribution is -2.60. The number of benzene rings is 2. The van der Waals surface area contributed by atoms with Crippen molar-refractivity contribution in [3.63, 3.8) is 0 Å². The van der Waals surface area contributed by atoms with E-state index in [2.05, 4.69) is 47.2 Å². The summed E-state index contributed by atoms with van der Waals surface area (Å²) in [5.74, 6) is -8.29. The molecule has 67 heavy (non-hydrogen) atoms. The lowest BCUT2D eigenvalue weighted by Gasteiger charge is -2.27. The zero-order valence-corrected chi connectivity index (χ0v) is 38.5. The van der Waals surface area contributed by atoms with E-state index >= 15 is 0 Å². The van der Waals surface area contributed by atoms with Crippen molar-refractivity contribution in [3.8, 4) is 0 Å². The van der Waals surface area contributed by atoms with Crippen molar-refractivity contribution in [1.29, 1.82) is 0 Å². The minimum absolute atomic E-state index is 0.0700. The lowest BCUT2D eigenvalue weighted by atomic mass is 9.97. The van der Waals surface area contributed by atoms with Gasteiger partial charge in [-0.15, -0.1) is 0 Å². The molecule has 0 aliphatic carbocycles. The Hall–Kier alpha value is -7.29. The van der Waals surface area contributed by atoms with E-state index in [0.717, 1.165) is 21.8 Å². The van der Waals surface area contributed by atoms with Crippen LogP contribution in [0.1, 0.15) is 71.9 Å². The van der Waals surface area contributed by atoms with Gasteiger partial charge in [0.1, 0.15) is 36.3 Å². The highest BCUT2D eigenvalue weighted by Crippen LogP contribution is 2.21. The van der Waals surface area contributed by atoms with Crippen molar-refractivity contribution in [2.45, 2.75) is 116 Å². The van der Waals surface area contributed by atoms with Crippen molar-refractivity contribution < 1.29 is 48.3 Å². The van der Waals surface area contributed by atoms with Gasteiger partial charge in [-0.3, -0.25) is 38.4 Å². The Kier molecular flexibility index (Phi) is 19.0. The Morgan fingerprint density at radius 3 is 1.55 bits per heavy atom. The number of carbonyl (C=O) groups is 9. The van der Waals surface area contributed by atoms with E-state index in [-0.39, 0.29) is 18.8 Å². The number of H-pyrrole nitrogens is 2. The maximum absolute atomic E-state index is 14.2. The number of carbonyl (C=O) groups excluding carboxylic acids is 8. The summed E-state index contributed by atoms with van der Waals surface area (Å²) in [6.45, 7) is 9.48. The Morgan fingerprint density at radius 1 is 0.582 bits per heavy atom. The van der Waals surface area contributed by atoms with Gasteiger partial charge in [0.25, 0.3) is 0 Å². The van der Waals surface area contributed by atoms with Gasteiger partial charge >= 0.3 is 5.97 Å². The van der Waals surface area contributed by atoms with Gasteiger partial charge in [-0.2, -0.15) is 0 Å². The first-order chi connectivity index (χ1) is 31.7. The van der Waals surface area contributed by atoms with Crippen molar-refractivity contribution in [2.75, 3.05) is 6.54 Å². The van der Waals surface area contributed by atoms with E-state index < -0.39 is 114 Å². The van der Waals surface area contributed by atoms with Gasteiger partial charge in [0.05, 0.1) is 19.0 Å². The summed E-state index contributed by atoms with van der Waals surface area (Å²) in [5, 5.41) is 29.1. The van der Waals surface area contributed by atoms with E-state index in [0.29, 0.717) is 24.0 Å². The van der Waals surface area contributed by atoms with Gasteiger partial charge in [0, 0.05) is 47.0 Å². The molecule has 9 atom stereocenters. The number of hydrogen-bond donors (Lipinski definition) is 12. The molecule has 8 amide bonds. The van der Waals surface area contributed by atoms with Crippen LogP contribution in [0, 0.1) is 11.8 Å². The van der Waals surface area contributed by atoms with Crippen LogP contribution in [0.3, 0.4) is 0 Å². The minimum atomic E-state index is -1.69. The summed E-state index contributed by atoms with van der Waals surface area (Å²) < 4.78 is 0. The standard InChI is InChI=1S/C46H63N11O10/c1-7-23(3)38(48)44(64)53-25(5)40(60)51-22-37(59)57-39(24(4)8-2)45(65)55-33(17-27-20-49-31-15-11-9-13-29(27)31)42(62)52-26(6)41(61)54-34(43(63)56-35(46(66)67)19-36(47)58)18-28-21-50-32-16-12-10-14-30(28)32/h9-16,20-21,23-26,33-35,38-39,49-50H,7-8,17-19,22,48H2,1-6H3,(H2,47,58)(H,51,60)(H,52,62)(H,53,64)(H,54,61)(H,55,65)(H,56,63)(H,57,59)(H,66,67)/t23-,24-,25-,26-,33-,34-,35-,38-,39-/m0/s1. The molecule has 21 heteroatoms. The van der Waals surface area contributed by atoms with Crippen LogP contribution in [0.2, 0.25) is 0 Å². The van der Waals surface area contributed by atoms with E-state index in [1.807, 2.05) is 32.0 Å². The predicted molar refractivity (Wildman–Crippen MR) is 248 cm³/mol. The van der Waals surface area contributed by atoms with Gasteiger partial charge in [0.15, 0.2) is 0 Å². The van der Waals surface area contributed by atoms with Crippen molar-refractivity contribution in [1.82, 2.24) is 47.2 Å². The van der Waals surface area contributed by atoms with Crippen molar-refractivity contribution >= 4 is 75.0 Å². The molecule has 2 aromatic heterocycles. The number of para-hydroxylation sites is 2. The number of primary amides is 1. The second kappa shape index (κ2) is 24.3. The summed E-state index contributed by atoms with van der Waals surface area (Å²) in [5.41, 5.74) is 13.9. The number of fused-ring (bicyclic) bond motifs is 2. The average Bonchev–Trinajstić information content (AvgIpc) is 3.91. The zero-order chi connectivity index (χ0) is 49.5. The second-order valence-corrected chi connectivity index (χ2v) is 16.8. The van der Waals surface area contributed by atoms with Gasteiger partial charge in [-0.25, -0.2) is 4.79 Å². The molecule has 2 aromatic carbocycles. The summed E-state index contributed by atoms with van der Waals surface area (Å²) >= 11 is 0.